The normalized spacial score (nSPS) is 19.6. The third-order valence-electron chi connectivity index (χ3n) is 5.11. The number of hydrogen-bond donors (Lipinski definition) is 1. The Morgan fingerprint density at radius 2 is 1.86 bits per heavy atom. The Morgan fingerprint density at radius 3 is 2.46 bits per heavy atom. The van der Waals surface area contributed by atoms with E-state index in [1.165, 1.54) is 4.90 Å². The van der Waals surface area contributed by atoms with E-state index in [9.17, 15) is 18.0 Å². The zero-order valence-corrected chi connectivity index (χ0v) is 15.4. The number of hydrogen-bond acceptors (Lipinski definition) is 3. The first-order chi connectivity index (χ1) is 13.2. The SMILES string of the molecule is Cc1ccccc1COc1ccc(N2CC(C(F)(F)F)CC2CC(=O)O)cc1. The van der Waals surface area contributed by atoms with Crippen LogP contribution < -0.4 is 9.64 Å². The number of benzene rings is 2. The van der Waals surface area contributed by atoms with Crippen molar-refractivity contribution >= 4 is 11.7 Å². The highest BCUT2D eigenvalue weighted by atomic mass is 19.4. The fraction of sp³-hybridized carbons (Fsp3) is 0.381. The second-order valence-corrected chi connectivity index (χ2v) is 7.09. The van der Waals surface area contributed by atoms with Crippen molar-refractivity contribution in [1.82, 2.24) is 0 Å². The average molecular weight is 393 g/mol. The Morgan fingerprint density at radius 1 is 1.18 bits per heavy atom. The summed E-state index contributed by atoms with van der Waals surface area (Å²) in [5.74, 6) is -2.02. The summed E-state index contributed by atoms with van der Waals surface area (Å²) in [6, 6.07) is 13.9. The number of ether oxygens (including phenoxy) is 1. The fourth-order valence-corrected chi connectivity index (χ4v) is 3.53. The molecule has 0 amide bonds. The molecule has 2 unspecified atom stereocenters. The molecule has 1 aliphatic rings. The van der Waals surface area contributed by atoms with Crippen molar-refractivity contribution in [2.24, 2.45) is 5.92 Å². The summed E-state index contributed by atoms with van der Waals surface area (Å²) in [5, 5.41) is 9.04. The largest absolute Gasteiger partial charge is 0.489 e. The van der Waals surface area contributed by atoms with Crippen molar-refractivity contribution in [3.05, 3.63) is 59.7 Å². The molecule has 3 rings (SSSR count). The lowest BCUT2D eigenvalue weighted by atomic mass is 10.0. The summed E-state index contributed by atoms with van der Waals surface area (Å²) < 4.78 is 45.1. The van der Waals surface area contributed by atoms with Gasteiger partial charge in [-0.25, -0.2) is 0 Å². The zero-order chi connectivity index (χ0) is 20.3. The molecule has 0 spiro atoms. The summed E-state index contributed by atoms with van der Waals surface area (Å²) in [5.41, 5.74) is 2.74. The van der Waals surface area contributed by atoms with E-state index in [2.05, 4.69) is 0 Å². The molecule has 1 N–H and O–H groups in total. The molecule has 1 saturated heterocycles. The smallest absolute Gasteiger partial charge is 0.393 e. The molecular weight excluding hydrogens is 371 g/mol. The van der Waals surface area contributed by atoms with Gasteiger partial charge < -0.3 is 14.7 Å². The van der Waals surface area contributed by atoms with E-state index in [-0.39, 0.29) is 19.4 Å². The van der Waals surface area contributed by atoms with Crippen LogP contribution in [0.15, 0.2) is 48.5 Å². The number of rotatable bonds is 6. The van der Waals surface area contributed by atoms with E-state index in [4.69, 9.17) is 9.84 Å². The first-order valence-corrected chi connectivity index (χ1v) is 9.06. The van der Waals surface area contributed by atoms with E-state index in [0.717, 1.165) is 11.1 Å². The summed E-state index contributed by atoms with van der Waals surface area (Å²) in [7, 11) is 0. The minimum atomic E-state index is -4.33. The van der Waals surface area contributed by atoms with Crippen LogP contribution in [0, 0.1) is 12.8 Å². The lowest BCUT2D eigenvalue weighted by molar-refractivity contribution is -0.169. The Bertz CT molecular complexity index is 820. The number of halogens is 3. The van der Waals surface area contributed by atoms with Crippen LogP contribution in [0.5, 0.6) is 5.75 Å². The minimum Gasteiger partial charge on any atom is -0.489 e. The third-order valence-corrected chi connectivity index (χ3v) is 5.11. The van der Waals surface area contributed by atoms with Gasteiger partial charge in [-0.15, -0.1) is 0 Å². The molecule has 7 heteroatoms. The predicted octanol–water partition coefficient (Wildman–Crippen LogP) is 4.81. The Hall–Kier alpha value is -2.70. The van der Waals surface area contributed by atoms with Gasteiger partial charge in [0.25, 0.3) is 0 Å². The van der Waals surface area contributed by atoms with Crippen molar-refractivity contribution in [3.8, 4) is 5.75 Å². The van der Waals surface area contributed by atoms with Gasteiger partial charge in [-0.05, 0) is 48.7 Å². The van der Waals surface area contributed by atoms with Crippen LogP contribution in [0.2, 0.25) is 0 Å². The van der Waals surface area contributed by atoms with E-state index in [1.807, 2.05) is 31.2 Å². The lowest BCUT2D eigenvalue weighted by Gasteiger charge is -2.26. The summed E-state index contributed by atoms with van der Waals surface area (Å²) in [6.07, 6.45) is -4.86. The lowest BCUT2D eigenvalue weighted by Crippen LogP contribution is -2.32. The van der Waals surface area contributed by atoms with Gasteiger partial charge in [0.05, 0.1) is 12.3 Å². The number of carboxylic acids is 1. The van der Waals surface area contributed by atoms with Crippen LogP contribution in [-0.2, 0) is 11.4 Å². The van der Waals surface area contributed by atoms with Crippen molar-refractivity contribution in [2.45, 2.75) is 38.6 Å². The summed E-state index contributed by atoms with van der Waals surface area (Å²) in [4.78, 5) is 12.6. The van der Waals surface area contributed by atoms with Crippen molar-refractivity contribution in [2.75, 3.05) is 11.4 Å². The van der Waals surface area contributed by atoms with E-state index in [1.54, 1.807) is 24.3 Å². The molecule has 0 aliphatic carbocycles. The number of carboxylic acid groups (broad SMARTS) is 1. The molecule has 0 radical (unpaired) electrons. The number of anilines is 1. The van der Waals surface area contributed by atoms with E-state index >= 15 is 0 Å². The molecule has 1 aliphatic heterocycles. The molecule has 4 nitrogen and oxygen atoms in total. The average Bonchev–Trinajstić information content (AvgIpc) is 3.05. The Kier molecular flexibility index (Phi) is 5.82. The van der Waals surface area contributed by atoms with Gasteiger partial charge >= 0.3 is 12.1 Å². The van der Waals surface area contributed by atoms with Crippen LogP contribution >= 0.6 is 0 Å². The van der Waals surface area contributed by atoms with Crippen molar-refractivity contribution in [1.29, 1.82) is 0 Å². The standard InChI is InChI=1S/C21H22F3NO3/c1-14-4-2-3-5-15(14)13-28-19-8-6-17(7-9-19)25-12-16(21(22,23)24)10-18(25)11-20(26)27/h2-9,16,18H,10-13H2,1H3,(H,26,27). The van der Waals surface area contributed by atoms with Crippen molar-refractivity contribution in [3.63, 3.8) is 0 Å². The van der Waals surface area contributed by atoms with Gasteiger partial charge in [0.1, 0.15) is 12.4 Å². The fourth-order valence-electron chi connectivity index (χ4n) is 3.53. The molecular formula is C21H22F3NO3. The first-order valence-electron chi connectivity index (χ1n) is 9.06. The minimum absolute atomic E-state index is 0.207. The number of carbonyl (C=O) groups is 1. The predicted molar refractivity (Wildman–Crippen MR) is 99.5 cm³/mol. The Labute approximate surface area is 161 Å². The van der Waals surface area contributed by atoms with Crippen LogP contribution in [0.4, 0.5) is 18.9 Å². The molecule has 2 aromatic carbocycles. The molecule has 0 saturated carbocycles. The highest BCUT2D eigenvalue weighted by Gasteiger charge is 2.47. The molecule has 2 atom stereocenters. The van der Waals surface area contributed by atoms with Crippen LogP contribution in [-0.4, -0.2) is 29.8 Å². The zero-order valence-electron chi connectivity index (χ0n) is 15.4. The molecule has 1 fully saturated rings. The maximum absolute atomic E-state index is 13.1. The maximum Gasteiger partial charge on any atom is 0.393 e. The highest BCUT2D eigenvalue weighted by Crippen LogP contribution is 2.40. The molecule has 28 heavy (non-hydrogen) atoms. The van der Waals surface area contributed by atoms with Gasteiger partial charge in [-0.3, -0.25) is 4.79 Å². The maximum atomic E-state index is 13.1. The molecule has 150 valence electrons. The first kappa shape index (κ1) is 20.0. The number of alkyl halides is 3. The van der Waals surface area contributed by atoms with Gasteiger partial charge in [0, 0.05) is 18.3 Å². The van der Waals surface area contributed by atoms with E-state index in [0.29, 0.717) is 18.0 Å². The Balaban J connectivity index is 1.70. The van der Waals surface area contributed by atoms with Crippen molar-refractivity contribution < 1.29 is 27.8 Å². The molecule has 0 bridgehead atoms. The van der Waals surface area contributed by atoms with Gasteiger partial charge in [0.2, 0.25) is 0 Å². The monoisotopic (exact) mass is 393 g/mol. The van der Waals surface area contributed by atoms with Crippen LogP contribution in [0.3, 0.4) is 0 Å². The highest BCUT2D eigenvalue weighted by molar-refractivity contribution is 5.69. The van der Waals surface area contributed by atoms with Crippen LogP contribution in [0.25, 0.3) is 0 Å². The van der Waals surface area contributed by atoms with E-state index < -0.39 is 24.1 Å². The van der Waals surface area contributed by atoms with Gasteiger partial charge in [-0.2, -0.15) is 13.2 Å². The molecule has 2 aromatic rings. The second kappa shape index (κ2) is 8.12. The molecule has 1 heterocycles. The molecule has 0 aromatic heterocycles. The van der Waals surface area contributed by atoms with Gasteiger partial charge in [-0.1, -0.05) is 24.3 Å². The quantitative estimate of drug-likeness (QED) is 0.766. The number of nitrogens with zero attached hydrogens (tertiary/aromatic N) is 1. The second-order valence-electron chi connectivity index (χ2n) is 7.09. The number of aliphatic carboxylic acids is 1. The summed E-state index contributed by atoms with van der Waals surface area (Å²) >= 11 is 0. The third kappa shape index (κ3) is 4.77. The summed E-state index contributed by atoms with van der Waals surface area (Å²) in [6.45, 7) is 2.16. The van der Waals surface area contributed by atoms with Gasteiger partial charge in [0.15, 0.2) is 0 Å². The topological polar surface area (TPSA) is 49.8 Å². The number of aryl methyl sites for hydroxylation is 1. The van der Waals surface area contributed by atoms with Crippen LogP contribution in [0.1, 0.15) is 24.0 Å².